The molecular formula is C10H19FO4. The summed E-state index contributed by atoms with van der Waals surface area (Å²) in [6, 6.07) is 0. The number of halogens is 1. The van der Waals surface area contributed by atoms with Gasteiger partial charge in [0.2, 0.25) is 0 Å². The van der Waals surface area contributed by atoms with Crippen molar-refractivity contribution in [3.8, 4) is 0 Å². The molecule has 15 heavy (non-hydrogen) atoms. The zero-order chi connectivity index (χ0) is 11.3. The lowest BCUT2D eigenvalue weighted by Crippen LogP contribution is -2.34. The minimum atomic E-state index is -1.33. The van der Waals surface area contributed by atoms with Crippen molar-refractivity contribution in [2.24, 2.45) is 0 Å². The summed E-state index contributed by atoms with van der Waals surface area (Å²) >= 11 is 0. The largest absolute Gasteiger partial charge is 0.394 e. The average molecular weight is 222 g/mol. The van der Waals surface area contributed by atoms with Crippen molar-refractivity contribution in [1.29, 1.82) is 0 Å². The highest BCUT2D eigenvalue weighted by Gasteiger charge is 2.45. The Morgan fingerprint density at radius 2 is 2.20 bits per heavy atom. The molecule has 0 radical (unpaired) electrons. The van der Waals surface area contributed by atoms with Crippen LogP contribution in [0.3, 0.4) is 0 Å². The highest BCUT2D eigenvalue weighted by atomic mass is 19.1. The second-order valence-corrected chi connectivity index (χ2v) is 3.59. The van der Waals surface area contributed by atoms with E-state index in [9.17, 15) is 4.39 Å². The average Bonchev–Trinajstić information content (AvgIpc) is 2.56. The van der Waals surface area contributed by atoms with E-state index in [1.54, 1.807) is 0 Å². The fourth-order valence-electron chi connectivity index (χ4n) is 1.58. The molecule has 1 unspecified atom stereocenters. The van der Waals surface area contributed by atoms with Crippen molar-refractivity contribution in [1.82, 2.24) is 0 Å². The van der Waals surface area contributed by atoms with Gasteiger partial charge in [-0.15, -0.1) is 0 Å². The number of unbranched alkanes of at least 4 members (excludes halogenated alkanes) is 1. The first-order valence-corrected chi connectivity index (χ1v) is 5.29. The van der Waals surface area contributed by atoms with Crippen molar-refractivity contribution in [3.05, 3.63) is 0 Å². The van der Waals surface area contributed by atoms with Gasteiger partial charge < -0.3 is 19.3 Å². The fourth-order valence-corrected chi connectivity index (χ4v) is 1.58. The molecule has 1 saturated heterocycles. The molecule has 1 heterocycles. The third-order valence-corrected chi connectivity index (χ3v) is 2.47. The highest BCUT2D eigenvalue weighted by molar-refractivity contribution is 4.88. The molecule has 0 bridgehead atoms. The Bertz CT molecular complexity index is 177. The maximum Gasteiger partial charge on any atom is 0.191 e. The molecule has 1 N–H and O–H groups in total. The van der Waals surface area contributed by atoms with Gasteiger partial charge in [-0.3, -0.25) is 0 Å². The summed E-state index contributed by atoms with van der Waals surface area (Å²) in [5.74, 6) is 0. The summed E-state index contributed by atoms with van der Waals surface area (Å²) in [7, 11) is 1.38. The van der Waals surface area contributed by atoms with Gasteiger partial charge in [0.25, 0.3) is 0 Å². The second kappa shape index (κ2) is 6.37. The monoisotopic (exact) mass is 222 g/mol. The van der Waals surface area contributed by atoms with Crippen LogP contribution in [0.5, 0.6) is 0 Å². The van der Waals surface area contributed by atoms with E-state index in [1.165, 1.54) is 7.11 Å². The van der Waals surface area contributed by atoms with Gasteiger partial charge in [-0.1, -0.05) is 13.3 Å². The number of alkyl halides is 1. The number of hydrogen-bond acceptors (Lipinski definition) is 4. The summed E-state index contributed by atoms with van der Waals surface area (Å²) in [6.45, 7) is 2.26. The van der Waals surface area contributed by atoms with E-state index >= 15 is 0 Å². The van der Waals surface area contributed by atoms with Gasteiger partial charge in [0, 0.05) is 13.7 Å². The molecule has 1 aliphatic rings. The van der Waals surface area contributed by atoms with Crippen molar-refractivity contribution < 1.29 is 23.7 Å². The van der Waals surface area contributed by atoms with Crippen LogP contribution in [0.4, 0.5) is 4.39 Å². The van der Waals surface area contributed by atoms with Gasteiger partial charge in [-0.2, -0.15) is 0 Å². The van der Waals surface area contributed by atoms with E-state index in [1.807, 2.05) is 6.92 Å². The Balaban J connectivity index is 2.44. The van der Waals surface area contributed by atoms with Gasteiger partial charge in [0.1, 0.15) is 12.2 Å². The lowest BCUT2D eigenvalue weighted by Gasteiger charge is -2.17. The Kier molecular flexibility index (Phi) is 5.45. The van der Waals surface area contributed by atoms with Crippen LogP contribution in [0, 0.1) is 0 Å². The van der Waals surface area contributed by atoms with E-state index in [2.05, 4.69) is 0 Å². The smallest absolute Gasteiger partial charge is 0.191 e. The lowest BCUT2D eigenvalue weighted by molar-refractivity contribution is -0.141. The molecule has 5 heteroatoms. The SMILES string of the molecule is CCCCO[C@@H]1[C@@H](CO)OC(OC)[C@@H]1F. The topological polar surface area (TPSA) is 47.9 Å². The van der Waals surface area contributed by atoms with Crippen LogP contribution in [0.2, 0.25) is 0 Å². The standard InChI is InChI=1S/C10H19FO4/c1-3-4-5-14-9-7(6-12)15-10(13-2)8(9)11/h7-10,12H,3-6H2,1-2H3/t7-,8-,9-,10?/m1/s1. The van der Waals surface area contributed by atoms with Gasteiger partial charge in [0.15, 0.2) is 12.5 Å². The number of hydrogen-bond donors (Lipinski definition) is 1. The Morgan fingerprint density at radius 3 is 2.73 bits per heavy atom. The van der Waals surface area contributed by atoms with Crippen LogP contribution in [0.15, 0.2) is 0 Å². The van der Waals surface area contributed by atoms with Crippen LogP contribution in [0.1, 0.15) is 19.8 Å². The van der Waals surface area contributed by atoms with Crippen molar-refractivity contribution in [2.75, 3.05) is 20.3 Å². The third kappa shape index (κ3) is 3.11. The fraction of sp³-hybridized carbons (Fsp3) is 1.00. The summed E-state index contributed by atoms with van der Waals surface area (Å²) in [6.07, 6.45) is -1.73. The minimum Gasteiger partial charge on any atom is -0.394 e. The van der Waals surface area contributed by atoms with Gasteiger partial charge in [-0.05, 0) is 6.42 Å². The van der Waals surface area contributed by atoms with E-state index in [-0.39, 0.29) is 6.61 Å². The number of aliphatic hydroxyl groups excluding tert-OH is 1. The van der Waals surface area contributed by atoms with Crippen molar-refractivity contribution >= 4 is 0 Å². The third-order valence-electron chi connectivity index (χ3n) is 2.47. The molecule has 1 rings (SSSR count). The molecule has 0 saturated carbocycles. The van der Waals surface area contributed by atoms with Crippen LogP contribution in [0.25, 0.3) is 0 Å². The van der Waals surface area contributed by atoms with Crippen molar-refractivity contribution in [3.63, 3.8) is 0 Å². The number of aliphatic hydroxyl groups is 1. The molecule has 4 nitrogen and oxygen atoms in total. The lowest BCUT2D eigenvalue weighted by atomic mass is 10.1. The van der Waals surface area contributed by atoms with Gasteiger partial charge >= 0.3 is 0 Å². The molecule has 1 fully saturated rings. The number of methoxy groups -OCH3 is 1. The molecule has 0 spiro atoms. The molecular weight excluding hydrogens is 203 g/mol. The zero-order valence-corrected chi connectivity index (χ0v) is 9.19. The van der Waals surface area contributed by atoms with Gasteiger partial charge in [-0.25, -0.2) is 4.39 Å². The van der Waals surface area contributed by atoms with Crippen LogP contribution in [-0.4, -0.2) is 50.1 Å². The summed E-state index contributed by atoms with van der Waals surface area (Å²) in [5.41, 5.74) is 0. The molecule has 0 amide bonds. The first kappa shape index (κ1) is 12.8. The van der Waals surface area contributed by atoms with E-state index in [4.69, 9.17) is 19.3 Å². The number of rotatable bonds is 6. The molecule has 4 atom stereocenters. The highest BCUT2D eigenvalue weighted by Crippen LogP contribution is 2.27. The van der Waals surface area contributed by atoms with Crippen molar-refractivity contribution in [2.45, 2.75) is 44.4 Å². The maximum atomic E-state index is 13.6. The minimum absolute atomic E-state index is 0.253. The zero-order valence-electron chi connectivity index (χ0n) is 9.19. The quantitative estimate of drug-likeness (QED) is 0.677. The van der Waals surface area contributed by atoms with Crippen LogP contribution < -0.4 is 0 Å². The number of ether oxygens (including phenoxy) is 3. The summed E-state index contributed by atoms with van der Waals surface area (Å²) < 4.78 is 28.9. The summed E-state index contributed by atoms with van der Waals surface area (Å²) in [4.78, 5) is 0. The van der Waals surface area contributed by atoms with Crippen LogP contribution in [-0.2, 0) is 14.2 Å². The second-order valence-electron chi connectivity index (χ2n) is 3.59. The Hall–Kier alpha value is -0.230. The molecule has 0 aliphatic carbocycles. The first-order chi connectivity index (χ1) is 7.24. The predicted molar refractivity (Wildman–Crippen MR) is 52.3 cm³/mol. The molecule has 0 aromatic carbocycles. The first-order valence-electron chi connectivity index (χ1n) is 5.29. The van der Waals surface area contributed by atoms with E-state index in [0.29, 0.717) is 6.61 Å². The van der Waals surface area contributed by atoms with E-state index in [0.717, 1.165) is 12.8 Å². The normalized spacial score (nSPS) is 36.0. The molecule has 0 aromatic heterocycles. The predicted octanol–water partition coefficient (Wildman–Crippen LogP) is 0.873. The van der Waals surface area contributed by atoms with Gasteiger partial charge in [0.05, 0.1) is 6.61 Å². The molecule has 1 aliphatic heterocycles. The molecule has 0 aromatic rings. The van der Waals surface area contributed by atoms with Crippen LogP contribution >= 0.6 is 0 Å². The summed E-state index contributed by atoms with van der Waals surface area (Å²) in [5, 5.41) is 9.00. The van der Waals surface area contributed by atoms with E-state index < -0.39 is 24.7 Å². The Morgan fingerprint density at radius 1 is 1.47 bits per heavy atom. The maximum absolute atomic E-state index is 13.6. The molecule has 90 valence electrons. The Labute approximate surface area is 89.3 Å².